The van der Waals surface area contributed by atoms with Gasteiger partial charge in [-0.1, -0.05) is 12.1 Å². The maximum absolute atomic E-state index is 4.53. The molecule has 1 aliphatic heterocycles. The molecule has 1 aliphatic rings. The van der Waals surface area contributed by atoms with Gasteiger partial charge in [-0.25, -0.2) is 4.98 Å². The van der Waals surface area contributed by atoms with Gasteiger partial charge in [-0.05, 0) is 38.6 Å². The molecule has 136 valence electrons. The van der Waals surface area contributed by atoms with Crippen LogP contribution in [0.25, 0.3) is 5.69 Å². The number of rotatable bonds is 5. The normalized spacial score (nSPS) is 15.8. The molecule has 1 atom stereocenters. The van der Waals surface area contributed by atoms with Gasteiger partial charge in [0.1, 0.15) is 5.82 Å². The molecule has 2 aromatic heterocycles. The lowest BCUT2D eigenvalue weighted by molar-refractivity contribution is 0.257. The second-order valence-electron chi connectivity index (χ2n) is 7.12. The first-order valence-corrected chi connectivity index (χ1v) is 9.17. The molecule has 0 radical (unpaired) electrons. The molecule has 0 amide bonds. The summed E-state index contributed by atoms with van der Waals surface area (Å²) in [4.78, 5) is 6.64. The number of hydrogen-bond acceptors (Lipinski definition) is 4. The van der Waals surface area contributed by atoms with E-state index in [1.54, 1.807) is 0 Å². The number of likely N-dealkylation sites (N-methyl/N-ethyl adjacent to an activating group) is 1. The molecule has 26 heavy (non-hydrogen) atoms. The van der Waals surface area contributed by atoms with Crippen LogP contribution < -0.4 is 5.32 Å². The number of nitrogens with one attached hydrogen (secondary N) is 1. The van der Waals surface area contributed by atoms with Crippen LogP contribution in [0.2, 0.25) is 0 Å². The monoisotopic (exact) mass is 350 g/mol. The third-order valence-electron chi connectivity index (χ3n) is 5.24. The van der Waals surface area contributed by atoms with E-state index in [9.17, 15) is 0 Å². The Bertz CT molecular complexity index is 876. The first-order valence-electron chi connectivity index (χ1n) is 9.17. The molecular formula is C20H26N6. The van der Waals surface area contributed by atoms with Crippen LogP contribution in [0.1, 0.15) is 35.6 Å². The molecule has 3 aromatic rings. The number of aromatic nitrogens is 4. The molecule has 6 nitrogen and oxygen atoms in total. The van der Waals surface area contributed by atoms with Crippen LogP contribution in [-0.4, -0.2) is 37.8 Å². The average molecular weight is 350 g/mol. The molecule has 1 aromatic carbocycles. The van der Waals surface area contributed by atoms with Crippen molar-refractivity contribution in [3.05, 3.63) is 65.5 Å². The average Bonchev–Trinajstić information content (AvgIpc) is 3.25. The smallest absolute Gasteiger partial charge is 0.110 e. The largest absolute Gasteiger partial charge is 0.306 e. The zero-order chi connectivity index (χ0) is 18.1. The van der Waals surface area contributed by atoms with E-state index in [4.69, 9.17) is 0 Å². The Hall–Kier alpha value is -2.44. The summed E-state index contributed by atoms with van der Waals surface area (Å²) < 4.78 is 4.24. The lowest BCUT2D eigenvalue weighted by Crippen LogP contribution is -2.31. The molecule has 0 saturated carbocycles. The molecule has 0 saturated heterocycles. The predicted molar refractivity (Wildman–Crippen MR) is 102 cm³/mol. The van der Waals surface area contributed by atoms with Crippen molar-refractivity contribution in [2.75, 3.05) is 13.6 Å². The van der Waals surface area contributed by atoms with Gasteiger partial charge in [0.15, 0.2) is 0 Å². The Balaban J connectivity index is 1.42. The number of aryl methyl sites for hydroxylation is 1. The first kappa shape index (κ1) is 17.0. The van der Waals surface area contributed by atoms with Crippen molar-refractivity contribution in [1.29, 1.82) is 0 Å². The third kappa shape index (κ3) is 3.30. The van der Waals surface area contributed by atoms with E-state index < -0.39 is 0 Å². The SMILES string of the molecule is Cc1nccn1-c1ccc(C(C)NCc2cnn3c2CN(C)CC3)cc1. The fourth-order valence-electron chi connectivity index (χ4n) is 3.53. The third-order valence-corrected chi connectivity index (χ3v) is 5.24. The van der Waals surface area contributed by atoms with Crippen molar-refractivity contribution in [3.8, 4) is 5.69 Å². The Labute approximate surface area is 154 Å². The molecule has 6 heteroatoms. The molecule has 0 bridgehead atoms. The van der Waals surface area contributed by atoms with Crippen molar-refractivity contribution < 1.29 is 0 Å². The van der Waals surface area contributed by atoms with E-state index in [0.29, 0.717) is 0 Å². The van der Waals surface area contributed by atoms with Crippen LogP contribution >= 0.6 is 0 Å². The lowest BCUT2D eigenvalue weighted by atomic mass is 10.1. The molecule has 4 rings (SSSR count). The summed E-state index contributed by atoms with van der Waals surface area (Å²) in [5.41, 5.74) is 5.06. The fourth-order valence-corrected chi connectivity index (χ4v) is 3.53. The minimum absolute atomic E-state index is 0.282. The van der Waals surface area contributed by atoms with Crippen molar-refractivity contribution in [2.45, 2.75) is 39.5 Å². The van der Waals surface area contributed by atoms with E-state index in [1.807, 2.05) is 25.5 Å². The highest BCUT2D eigenvalue weighted by Crippen LogP contribution is 2.19. The van der Waals surface area contributed by atoms with Crippen LogP contribution in [0.4, 0.5) is 0 Å². The second-order valence-corrected chi connectivity index (χ2v) is 7.12. The van der Waals surface area contributed by atoms with Crippen LogP contribution in [0.15, 0.2) is 42.9 Å². The summed E-state index contributed by atoms with van der Waals surface area (Å²) in [7, 11) is 2.17. The second kappa shape index (κ2) is 7.05. The minimum Gasteiger partial charge on any atom is -0.306 e. The molecule has 1 unspecified atom stereocenters. The van der Waals surface area contributed by atoms with E-state index >= 15 is 0 Å². The first-order chi connectivity index (χ1) is 12.6. The number of nitrogens with zero attached hydrogens (tertiary/aromatic N) is 5. The number of fused-ring (bicyclic) bond motifs is 1. The topological polar surface area (TPSA) is 50.9 Å². The van der Waals surface area contributed by atoms with Crippen molar-refractivity contribution in [2.24, 2.45) is 0 Å². The highest BCUT2D eigenvalue weighted by atomic mass is 15.3. The zero-order valence-corrected chi connectivity index (χ0v) is 15.7. The zero-order valence-electron chi connectivity index (χ0n) is 15.7. The van der Waals surface area contributed by atoms with Gasteiger partial charge in [-0.3, -0.25) is 9.58 Å². The highest BCUT2D eigenvalue weighted by Gasteiger charge is 2.18. The highest BCUT2D eigenvalue weighted by molar-refractivity contribution is 5.36. The van der Waals surface area contributed by atoms with E-state index in [-0.39, 0.29) is 6.04 Å². The summed E-state index contributed by atoms with van der Waals surface area (Å²) in [6.45, 7) is 8.09. The standard InChI is InChI=1S/C20H26N6/c1-15(17-4-6-19(7-5-17)25-9-8-21-16(25)2)22-12-18-13-23-26-11-10-24(3)14-20(18)26/h4-9,13,15,22H,10-12,14H2,1-3H3. The van der Waals surface area contributed by atoms with Gasteiger partial charge in [0, 0.05) is 49.3 Å². The number of hydrogen-bond donors (Lipinski definition) is 1. The quantitative estimate of drug-likeness (QED) is 0.769. The van der Waals surface area contributed by atoms with Crippen LogP contribution in [0, 0.1) is 6.92 Å². The molecular weight excluding hydrogens is 324 g/mol. The van der Waals surface area contributed by atoms with Gasteiger partial charge in [0.05, 0.1) is 18.4 Å². The van der Waals surface area contributed by atoms with Gasteiger partial charge in [-0.15, -0.1) is 0 Å². The van der Waals surface area contributed by atoms with Crippen molar-refractivity contribution in [3.63, 3.8) is 0 Å². The van der Waals surface area contributed by atoms with Gasteiger partial charge in [0.2, 0.25) is 0 Å². The molecule has 0 spiro atoms. The predicted octanol–water partition coefficient (Wildman–Crippen LogP) is 2.67. The maximum Gasteiger partial charge on any atom is 0.110 e. The molecule has 1 N–H and O–H groups in total. The van der Waals surface area contributed by atoms with Gasteiger partial charge >= 0.3 is 0 Å². The molecule has 3 heterocycles. The van der Waals surface area contributed by atoms with Gasteiger partial charge in [-0.2, -0.15) is 5.10 Å². The summed E-state index contributed by atoms with van der Waals surface area (Å²) in [5, 5.41) is 8.17. The summed E-state index contributed by atoms with van der Waals surface area (Å²) in [6.07, 6.45) is 5.84. The number of benzene rings is 1. The lowest BCUT2D eigenvalue weighted by Gasteiger charge is -2.24. The van der Waals surface area contributed by atoms with Crippen molar-refractivity contribution >= 4 is 0 Å². The minimum atomic E-state index is 0.282. The van der Waals surface area contributed by atoms with Crippen LogP contribution in [0.5, 0.6) is 0 Å². The van der Waals surface area contributed by atoms with Crippen molar-refractivity contribution in [1.82, 2.24) is 29.5 Å². The number of imidazole rings is 1. The Morgan fingerprint density at radius 3 is 2.73 bits per heavy atom. The Morgan fingerprint density at radius 2 is 2.00 bits per heavy atom. The Kier molecular flexibility index (Phi) is 4.61. The fraction of sp³-hybridized carbons (Fsp3) is 0.400. The molecule has 0 aliphatic carbocycles. The molecule has 0 fully saturated rings. The van der Waals surface area contributed by atoms with Crippen LogP contribution in [-0.2, 0) is 19.6 Å². The van der Waals surface area contributed by atoms with E-state index in [1.165, 1.54) is 16.8 Å². The maximum atomic E-state index is 4.53. The van der Waals surface area contributed by atoms with Crippen LogP contribution in [0.3, 0.4) is 0 Å². The van der Waals surface area contributed by atoms with Gasteiger partial charge < -0.3 is 9.88 Å². The summed E-state index contributed by atoms with van der Waals surface area (Å²) in [6, 6.07) is 8.96. The Morgan fingerprint density at radius 1 is 1.19 bits per heavy atom. The van der Waals surface area contributed by atoms with E-state index in [2.05, 4.69) is 67.8 Å². The summed E-state index contributed by atoms with van der Waals surface area (Å²) >= 11 is 0. The van der Waals surface area contributed by atoms with E-state index in [0.717, 1.165) is 37.7 Å². The van der Waals surface area contributed by atoms with Gasteiger partial charge in [0.25, 0.3) is 0 Å². The summed E-state index contributed by atoms with van der Waals surface area (Å²) in [5.74, 6) is 1.000.